The molecule has 0 saturated carbocycles. The van der Waals surface area contributed by atoms with E-state index in [0.717, 1.165) is 87.3 Å². The Morgan fingerprint density at radius 2 is 0.842 bits per heavy atom. The fourth-order valence-corrected chi connectivity index (χ4v) is 15.7. The lowest BCUT2D eigenvalue weighted by Gasteiger charge is -2.19. The minimum Gasteiger partial charge on any atom is -0.383 e. The van der Waals surface area contributed by atoms with Crippen LogP contribution in [0.25, 0.3) is 64.8 Å². The number of nitrogens with zero attached hydrogens (tertiary/aromatic N) is 9. The first-order valence-corrected chi connectivity index (χ1v) is 36.1. The second-order valence-electron chi connectivity index (χ2n) is 25.3. The third-order valence-corrected chi connectivity index (χ3v) is 21.0. The Bertz CT molecular complexity index is 5350. The summed E-state index contributed by atoms with van der Waals surface area (Å²) >= 11 is 13.1. The molecule has 101 heavy (non-hydrogen) atoms. The number of fused-ring (bicyclic) bond motifs is 5. The molecule has 0 aliphatic carbocycles. The van der Waals surface area contributed by atoms with E-state index < -0.39 is 0 Å². The largest absolute Gasteiger partial charge is 0.383 e. The van der Waals surface area contributed by atoms with Crippen LogP contribution in [0.2, 0.25) is 5.02 Å². The Morgan fingerprint density at radius 1 is 0.465 bits per heavy atom. The number of methoxy groups -OCH3 is 3. The van der Waals surface area contributed by atoms with Crippen LogP contribution in [-0.4, -0.2) is 83.7 Å². The molecule has 9 aromatic carbocycles. The zero-order valence-corrected chi connectivity index (χ0v) is 60.9. The van der Waals surface area contributed by atoms with E-state index in [0.29, 0.717) is 78.3 Å². The Balaban J connectivity index is 0.000000136. The lowest BCUT2D eigenvalue weighted by molar-refractivity contribution is 0.154. The minimum atomic E-state index is -0.289. The van der Waals surface area contributed by atoms with Crippen LogP contribution >= 0.6 is 50.2 Å². The van der Waals surface area contributed by atoms with E-state index in [1.54, 1.807) is 38.7 Å². The van der Waals surface area contributed by atoms with Crippen molar-refractivity contribution in [3.63, 3.8) is 0 Å². The molecule has 0 fully saturated rings. The third-order valence-electron chi connectivity index (χ3n) is 18.1. The number of ether oxygens (including phenoxy) is 3. The topological polar surface area (TPSA) is 181 Å². The normalized spacial score (nSPS) is 12.5. The van der Waals surface area contributed by atoms with Crippen molar-refractivity contribution >= 4 is 104 Å². The number of hydrogen-bond acceptors (Lipinski definition) is 12. The van der Waals surface area contributed by atoms with Gasteiger partial charge < -0.3 is 46.1 Å². The smallest absolute Gasteiger partial charge is 0.203 e. The van der Waals surface area contributed by atoms with Gasteiger partial charge in [-0.3, -0.25) is 16.2 Å². The number of nitrogens with one attached hydrogen (secondary N) is 3. The van der Waals surface area contributed by atoms with Gasteiger partial charge in [0.25, 0.3) is 0 Å². The molecule has 6 aromatic heterocycles. The molecule has 0 radical (unpaired) electrons. The summed E-state index contributed by atoms with van der Waals surface area (Å²) in [6.07, 6.45) is 2.32. The number of aromatic nitrogens is 9. The molecule has 3 N–H and O–H groups in total. The average Bonchev–Trinajstić information content (AvgIpc) is 1.62. The first-order chi connectivity index (χ1) is 49.1. The molecule has 6 heterocycles. The molecule has 16 nitrogen and oxygen atoms in total. The van der Waals surface area contributed by atoms with Gasteiger partial charge in [-0.15, -0.1) is 22.7 Å². The Morgan fingerprint density at radius 3 is 1.26 bits per heavy atom. The van der Waals surface area contributed by atoms with Crippen LogP contribution in [0.1, 0.15) is 67.3 Å². The zero-order chi connectivity index (χ0) is 70.3. The number of imidazole rings is 3. The molecule has 15 aromatic rings. The van der Waals surface area contributed by atoms with Gasteiger partial charge in [-0.25, -0.2) is 14.4 Å². The van der Waals surface area contributed by atoms with Crippen LogP contribution in [0.15, 0.2) is 221 Å². The van der Waals surface area contributed by atoms with E-state index in [2.05, 4.69) is 168 Å². The van der Waals surface area contributed by atoms with Crippen molar-refractivity contribution in [2.45, 2.75) is 77.8 Å². The zero-order valence-electron chi connectivity index (χ0n) is 56.9. The minimum absolute atomic E-state index is 0.0164. The summed E-state index contributed by atoms with van der Waals surface area (Å²) in [7, 11) is 5.13. The average molecular weight is 1470 g/mol. The van der Waals surface area contributed by atoms with Gasteiger partial charge in [0.05, 0.1) is 116 Å². The Labute approximate surface area is 605 Å². The highest BCUT2D eigenvalue weighted by molar-refractivity contribution is 9.10. The van der Waals surface area contributed by atoms with Crippen molar-refractivity contribution < 1.29 is 23.1 Å². The van der Waals surface area contributed by atoms with Crippen molar-refractivity contribution in [3.8, 4) is 11.3 Å². The van der Waals surface area contributed by atoms with Gasteiger partial charge in [0, 0.05) is 43.5 Å². The molecule has 15 rings (SSSR count). The summed E-state index contributed by atoms with van der Waals surface area (Å²) in [5.41, 5.74) is 17.7. The second kappa shape index (κ2) is 31.5. The maximum atomic E-state index is 13.6. The van der Waals surface area contributed by atoms with Gasteiger partial charge in [-0.1, -0.05) is 177 Å². The van der Waals surface area contributed by atoms with Crippen molar-refractivity contribution in [3.05, 3.63) is 294 Å². The van der Waals surface area contributed by atoms with Crippen LogP contribution < -0.4 is 16.9 Å². The highest BCUT2D eigenvalue weighted by atomic mass is 79.9. The number of rotatable bonds is 22. The molecule has 0 aliphatic rings. The lowest BCUT2D eigenvalue weighted by Crippen LogP contribution is -2.31. The van der Waals surface area contributed by atoms with E-state index in [1.807, 2.05) is 100 Å². The van der Waals surface area contributed by atoms with Crippen LogP contribution in [0.5, 0.6) is 0 Å². The monoisotopic (exact) mass is 1470 g/mol. The fraction of sp³-hybridized carbons (Fsp3) is 0.225. The number of aryl methyl sites for hydroxylation is 3. The predicted molar refractivity (Wildman–Crippen MR) is 406 cm³/mol. The van der Waals surface area contributed by atoms with Crippen molar-refractivity contribution in [2.24, 2.45) is 0 Å². The highest BCUT2D eigenvalue weighted by Crippen LogP contribution is 2.32. The van der Waals surface area contributed by atoms with Gasteiger partial charge in [0.1, 0.15) is 21.5 Å². The van der Waals surface area contributed by atoms with Crippen molar-refractivity contribution in [2.75, 3.05) is 41.2 Å². The number of para-hydroxylation sites is 6. The molecular weight excluding hydrogens is 1390 g/mol. The van der Waals surface area contributed by atoms with E-state index in [1.165, 1.54) is 56.9 Å². The van der Waals surface area contributed by atoms with Gasteiger partial charge >= 0.3 is 0 Å². The van der Waals surface area contributed by atoms with Crippen molar-refractivity contribution in [1.29, 1.82) is 16.2 Å². The molecule has 0 spiro atoms. The maximum absolute atomic E-state index is 13.6. The van der Waals surface area contributed by atoms with Gasteiger partial charge in [-0.2, -0.15) is 0 Å². The quantitative estimate of drug-likeness (QED) is 0.0604. The lowest BCUT2D eigenvalue weighted by atomic mass is 10.0. The molecule has 0 aliphatic heterocycles. The van der Waals surface area contributed by atoms with E-state index in [-0.39, 0.29) is 23.9 Å². The Hall–Kier alpha value is -9.64. The van der Waals surface area contributed by atoms with E-state index in [4.69, 9.17) is 51.5 Å². The molecule has 0 unspecified atom stereocenters. The molecule has 21 heteroatoms. The summed E-state index contributed by atoms with van der Waals surface area (Å²) < 4.78 is 51.4. The second-order valence-corrected chi connectivity index (χ2v) is 28.9. The van der Waals surface area contributed by atoms with E-state index in [9.17, 15) is 4.39 Å². The first-order valence-electron chi connectivity index (χ1n) is 33.3. The Kier molecular flexibility index (Phi) is 21.8. The summed E-state index contributed by atoms with van der Waals surface area (Å²) in [6.45, 7) is 9.20. The summed E-state index contributed by atoms with van der Waals surface area (Å²) in [4.78, 5) is 9.46. The highest BCUT2D eigenvalue weighted by Gasteiger charge is 2.25. The molecule has 514 valence electrons. The number of hydrogen-bond donors (Lipinski definition) is 3. The number of halogens is 3. The van der Waals surface area contributed by atoms with Crippen molar-refractivity contribution in [1.82, 2.24) is 42.5 Å². The summed E-state index contributed by atoms with van der Waals surface area (Å²) in [5.74, 6) is 0.367. The van der Waals surface area contributed by atoms with Crippen LogP contribution in [0.4, 0.5) is 4.39 Å². The van der Waals surface area contributed by atoms with Crippen LogP contribution in [0.3, 0.4) is 0 Å². The maximum Gasteiger partial charge on any atom is 0.203 e. The van der Waals surface area contributed by atoms with Crippen LogP contribution in [-0.2, 0) is 53.1 Å². The summed E-state index contributed by atoms with van der Waals surface area (Å²) in [6, 6.07) is 70.3. The first kappa shape index (κ1) is 69.8. The molecule has 0 amide bonds. The fourth-order valence-electron chi connectivity index (χ4n) is 13.2. The van der Waals surface area contributed by atoms with Crippen LogP contribution in [0, 0.1) is 42.8 Å². The molecule has 3 atom stereocenters. The molecular formula is C80H77BrClFN12O4S2. The molecule has 0 saturated heterocycles. The van der Waals surface area contributed by atoms with Gasteiger partial charge in [0.15, 0.2) is 5.76 Å². The number of thiazole rings is 2. The third kappa shape index (κ3) is 15.6. The number of benzene rings is 9. The van der Waals surface area contributed by atoms with Gasteiger partial charge in [-0.05, 0) is 130 Å². The predicted octanol–water partition coefficient (Wildman–Crippen LogP) is 17.6. The SMILES string of the molecule is COC[C@H](Cc1ccc(C)cc1)n1c(=N)n(Cc2cc(-c3ccccc3Cl)no2)c2ccccc21.COC[C@H](Cc1ccc(C)cc1)n1c(=N)n(Cc2nc3cc(Br)ccc3s2)c2ccccc21.COC[C@H](Cc1ccc(C)cc1)n1c(=N)n(Cc2nc3cc(F)ccc3s2)c2ccccc21. The molecule has 0 bridgehead atoms. The standard InChI is InChI=1S/C28H27ClN4O2.C26H25BrN4OS.C26H25FN4OS/c1-19-11-13-20(14-12-19)15-21(18-34-2)33-27-10-6-5-9-26(27)32(28(33)30)17-22-16-25(31-35-22)23-7-3-4-8-24(23)29;2*1-17-7-9-18(10-8-17)13-20(16-32-2)31-23-6-4-3-5-22(23)30(26(31)28)15-25-29-21-14-19(27)11-12-24(21)33-25/h3-14,16,21,30H,15,17-18H2,1-2H3;2*3-12,14,20,28H,13,15-16H2,1-2H3/t21-;2*20-/m000/s1. The van der Waals surface area contributed by atoms with Gasteiger partial charge in [0.2, 0.25) is 16.9 Å². The van der Waals surface area contributed by atoms with E-state index >= 15 is 0 Å². The summed E-state index contributed by atoms with van der Waals surface area (Å²) in [5, 5.41) is 34.0.